The number of carbonyl (C=O) groups excluding carboxylic acids is 2. The quantitative estimate of drug-likeness (QED) is 0.728. The summed E-state index contributed by atoms with van der Waals surface area (Å²) in [5, 5.41) is 2.64. The Morgan fingerprint density at radius 3 is 2.59 bits per heavy atom. The van der Waals surface area contributed by atoms with Crippen molar-refractivity contribution >= 4 is 27.7 Å². The van der Waals surface area contributed by atoms with E-state index in [0.717, 1.165) is 10.0 Å². The van der Waals surface area contributed by atoms with E-state index in [0.29, 0.717) is 6.54 Å². The molecule has 0 saturated carbocycles. The van der Waals surface area contributed by atoms with Gasteiger partial charge in [0.25, 0.3) is 0 Å². The smallest absolute Gasteiger partial charge is 0.237 e. The molecule has 0 fully saturated rings. The molecular weight excluding hydrogens is 286 g/mol. The molecule has 92 valence electrons. The minimum atomic E-state index is -0.894. The molecule has 1 aromatic carbocycles. The molecule has 17 heavy (non-hydrogen) atoms. The van der Waals surface area contributed by atoms with E-state index in [-0.39, 0.29) is 12.3 Å². The van der Waals surface area contributed by atoms with E-state index in [4.69, 9.17) is 11.5 Å². The molecule has 0 aliphatic carbocycles. The van der Waals surface area contributed by atoms with Crippen LogP contribution in [0.4, 0.5) is 0 Å². The van der Waals surface area contributed by atoms with Crippen molar-refractivity contribution in [2.75, 3.05) is 0 Å². The van der Waals surface area contributed by atoms with Crippen molar-refractivity contribution in [1.29, 1.82) is 0 Å². The van der Waals surface area contributed by atoms with Crippen LogP contribution in [0.1, 0.15) is 12.0 Å². The Labute approximate surface area is 108 Å². The summed E-state index contributed by atoms with van der Waals surface area (Å²) in [7, 11) is 0. The first-order chi connectivity index (χ1) is 8.00. The van der Waals surface area contributed by atoms with Gasteiger partial charge >= 0.3 is 0 Å². The fourth-order valence-electron chi connectivity index (χ4n) is 1.26. The van der Waals surface area contributed by atoms with Crippen LogP contribution in [-0.2, 0) is 16.1 Å². The lowest BCUT2D eigenvalue weighted by Gasteiger charge is -2.11. The van der Waals surface area contributed by atoms with Crippen LogP contribution in [-0.4, -0.2) is 17.9 Å². The Bertz CT molecular complexity index is 423. The molecule has 0 aliphatic rings. The monoisotopic (exact) mass is 299 g/mol. The number of rotatable bonds is 5. The first kappa shape index (κ1) is 13.7. The number of hydrogen-bond acceptors (Lipinski definition) is 3. The molecule has 0 radical (unpaired) electrons. The predicted octanol–water partition coefficient (Wildman–Crippen LogP) is 0.268. The van der Waals surface area contributed by atoms with Crippen LogP contribution < -0.4 is 16.8 Å². The first-order valence-electron chi connectivity index (χ1n) is 5.05. The molecule has 0 saturated heterocycles. The zero-order valence-corrected chi connectivity index (χ0v) is 10.7. The van der Waals surface area contributed by atoms with Crippen LogP contribution >= 0.6 is 15.9 Å². The topological polar surface area (TPSA) is 98.2 Å². The van der Waals surface area contributed by atoms with Gasteiger partial charge in [0.1, 0.15) is 0 Å². The van der Waals surface area contributed by atoms with Gasteiger partial charge in [0.05, 0.1) is 12.5 Å². The van der Waals surface area contributed by atoms with Crippen LogP contribution in [0.2, 0.25) is 0 Å². The van der Waals surface area contributed by atoms with Crippen molar-refractivity contribution in [1.82, 2.24) is 5.32 Å². The highest BCUT2D eigenvalue weighted by molar-refractivity contribution is 9.10. The summed E-state index contributed by atoms with van der Waals surface area (Å²) in [5.74, 6) is -0.979. The maximum atomic E-state index is 11.5. The predicted molar refractivity (Wildman–Crippen MR) is 67.8 cm³/mol. The highest BCUT2D eigenvalue weighted by atomic mass is 79.9. The van der Waals surface area contributed by atoms with Crippen LogP contribution in [0.3, 0.4) is 0 Å². The second-order valence-corrected chi connectivity index (χ2v) is 4.44. The lowest BCUT2D eigenvalue weighted by molar-refractivity contribution is -0.126. The fraction of sp³-hybridized carbons (Fsp3) is 0.273. The van der Waals surface area contributed by atoms with Gasteiger partial charge in [-0.3, -0.25) is 9.59 Å². The lowest BCUT2D eigenvalue weighted by Crippen LogP contribution is -2.42. The molecule has 2 amide bonds. The second kappa shape index (κ2) is 6.36. The minimum absolute atomic E-state index is 0.151. The first-order valence-corrected chi connectivity index (χ1v) is 5.85. The van der Waals surface area contributed by atoms with Crippen LogP contribution in [0.5, 0.6) is 0 Å². The average Bonchev–Trinajstić information content (AvgIpc) is 2.26. The molecule has 6 heteroatoms. The molecule has 0 heterocycles. The zero-order valence-electron chi connectivity index (χ0n) is 9.15. The third-order valence-electron chi connectivity index (χ3n) is 2.17. The van der Waals surface area contributed by atoms with Gasteiger partial charge in [0.15, 0.2) is 0 Å². The number of nitrogens with two attached hydrogens (primary N) is 2. The number of nitrogens with one attached hydrogen (secondary N) is 1. The Balaban J connectivity index is 2.48. The molecule has 1 atom stereocenters. The molecule has 0 aliphatic heterocycles. The summed E-state index contributed by atoms with van der Waals surface area (Å²) in [6, 6.07) is 6.62. The molecule has 0 spiro atoms. The van der Waals surface area contributed by atoms with Crippen molar-refractivity contribution in [3.63, 3.8) is 0 Å². The Morgan fingerprint density at radius 2 is 2.00 bits per heavy atom. The number of benzene rings is 1. The highest BCUT2D eigenvalue weighted by Gasteiger charge is 2.15. The molecule has 5 N–H and O–H groups in total. The van der Waals surface area contributed by atoms with E-state index in [1.807, 2.05) is 24.3 Å². The van der Waals surface area contributed by atoms with Gasteiger partial charge in [-0.15, -0.1) is 0 Å². The summed E-state index contributed by atoms with van der Waals surface area (Å²) >= 11 is 3.37. The zero-order chi connectivity index (χ0) is 12.8. The van der Waals surface area contributed by atoms with Crippen molar-refractivity contribution in [2.45, 2.75) is 19.0 Å². The molecule has 0 aromatic heterocycles. The van der Waals surface area contributed by atoms with E-state index in [9.17, 15) is 9.59 Å². The second-order valence-electron chi connectivity index (χ2n) is 3.59. The van der Waals surface area contributed by atoms with Gasteiger partial charge in [-0.25, -0.2) is 0 Å². The average molecular weight is 300 g/mol. The molecule has 0 bridgehead atoms. The Kier molecular flexibility index (Phi) is 5.11. The summed E-state index contributed by atoms with van der Waals surface area (Å²) in [5.41, 5.74) is 11.4. The van der Waals surface area contributed by atoms with Crippen LogP contribution in [0.25, 0.3) is 0 Å². The lowest BCUT2D eigenvalue weighted by atomic mass is 10.2. The summed E-state index contributed by atoms with van der Waals surface area (Å²) in [4.78, 5) is 22.1. The SMILES string of the molecule is NC(=O)CC(N)C(=O)NCc1ccccc1Br. The summed E-state index contributed by atoms with van der Waals surface area (Å²) < 4.78 is 0.906. The molecule has 5 nitrogen and oxygen atoms in total. The molecule has 1 rings (SSSR count). The third kappa shape index (κ3) is 4.54. The fourth-order valence-corrected chi connectivity index (χ4v) is 1.69. The number of amides is 2. The van der Waals surface area contributed by atoms with E-state index >= 15 is 0 Å². The van der Waals surface area contributed by atoms with E-state index < -0.39 is 11.9 Å². The van der Waals surface area contributed by atoms with Crippen LogP contribution in [0, 0.1) is 0 Å². The van der Waals surface area contributed by atoms with E-state index in [2.05, 4.69) is 21.2 Å². The highest BCUT2D eigenvalue weighted by Crippen LogP contribution is 2.15. The maximum Gasteiger partial charge on any atom is 0.237 e. The van der Waals surface area contributed by atoms with Gasteiger partial charge < -0.3 is 16.8 Å². The van der Waals surface area contributed by atoms with Crippen molar-refractivity contribution in [3.05, 3.63) is 34.3 Å². The molecule has 1 unspecified atom stereocenters. The van der Waals surface area contributed by atoms with Crippen molar-refractivity contribution in [2.24, 2.45) is 11.5 Å². The van der Waals surface area contributed by atoms with Gasteiger partial charge in [-0.2, -0.15) is 0 Å². The number of hydrogen-bond donors (Lipinski definition) is 3. The number of primary amides is 1. The van der Waals surface area contributed by atoms with E-state index in [1.54, 1.807) is 0 Å². The van der Waals surface area contributed by atoms with Gasteiger partial charge in [-0.05, 0) is 11.6 Å². The van der Waals surface area contributed by atoms with Gasteiger partial charge in [0.2, 0.25) is 11.8 Å². The van der Waals surface area contributed by atoms with Crippen LogP contribution in [0.15, 0.2) is 28.7 Å². The van der Waals surface area contributed by atoms with E-state index in [1.165, 1.54) is 0 Å². The maximum absolute atomic E-state index is 11.5. The Hall–Kier alpha value is -1.40. The van der Waals surface area contributed by atoms with Gasteiger partial charge in [-0.1, -0.05) is 34.1 Å². The summed E-state index contributed by atoms with van der Waals surface area (Å²) in [6.07, 6.45) is -0.151. The standard InChI is InChI=1S/C11H14BrN3O2/c12-8-4-2-1-3-7(8)6-15-11(17)9(13)5-10(14)16/h1-4,9H,5-6,13H2,(H2,14,16)(H,15,17). The largest absolute Gasteiger partial charge is 0.370 e. The molecular formula is C11H14BrN3O2. The number of carbonyl (C=O) groups is 2. The minimum Gasteiger partial charge on any atom is -0.370 e. The third-order valence-corrected chi connectivity index (χ3v) is 2.94. The normalized spacial score (nSPS) is 11.9. The molecule has 1 aromatic rings. The van der Waals surface area contributed by atoms with Crippen molar-refractivity contribution < 1.29 is 9.59 Å². The summed E-state index contributed by atoms with van der Waals surface area (Å²) in [6.45, 7) is 0.354. The van der Waals surface area contributed by atoms with Gasteiger partial charge in [0, 0.05) is 11.0 Å². The van der Waals surface area contributed by atoms with Crippen molar-refractivity contribution in [3.8, 4) is 0 Å². The number of halogens is 1. The Morgan fingerprint density at radius 1 is 1.35 bits per heavy atom.